The van der Waals surface area contributed by atoms with Crippen molar-refractivity contribution in [3.05, 3.63) is 34.9 Å². The van der Waals surface area contributed by atoms with Gasteiger partial charge in [-0.3, -0.25) is 4.79 Å². The minimum Gasteiger partial charge on any atom is -0.481 e. The van der Waals surface area contributed by atoms with Gasteiger partial charge in [-0.15, -0.1) is 0 Å². The lowest BCUT2D eigenvalue weighted by molar-refractivity contribution is -0.137. The van der Waals surface area contributed by atoms with Crippen LogP contribution in [0.5, 0.6) is 0 Å². The molecule has 1 aromatic carbocycles. The monoisotopic (exact) mass is 241 g/mol. The summed E-state index contributed by atoms with van der Waals surface area (Å²) in [6, 6.07) is 6.20. The van der Waals surface area contributed by atoms with Crippen LogP contribution in [0.15, 0.2) is 29.3 Å². The van der Waals surface area contributed by atoms with E-state index in [2.05, 4.69) is 4.99 Å². The molecule has 5 N–H and O–H groups in total. The number of nitrogens with zero attached hydrogens (tertiary/aromatic N) is 1. The van der Waals surface area contributed by atoms with Crippen molar-refractivity contribution in [3.63, 3.8) is 0 Å². The number of aliphatic carboxylic acids is 1. The van der Waals surface area contributed by atoms with Crippen molar-refractivity contribution < 1.29 is 9.90 Å². The first kappa shape index (κ1) is 12.3. The summed E-state index contributed by atoms with van der Waals surface area (Å²) in [5.41, 5.74) is 11.1. The Morgan fingerprint density at radius 1 is 1.44 bits per heavy atom. The highest BCUT2D eigenvalue weighted by Crippen LogP contribution is 2.27. The van der Waals surface area contributed by atoms with Gasteiger partial charge >= 0.3 is 5.97 Å². The highest BCUT2D eigenvalue weighted by molar-refractivity contribution is 6.31. The summed E-state index contributed by atoms with van der Waals surface area (Å²) < 4.78 is 0. The molecule has 6 heteroatoms. The van der Waals surface area contributed by atoms with Gasteiger partial charge in [0.25, 0.3) is 0 Å². The Hall–Kier alpha value is -1.75. The van der Waals surface area contributed by atoms with E-state index in [1.165, 1.54) is 0 Å². The van der Waals surface area contributed by atoms with Gasteiger partial charge in [-0.25, -0.2) is 4.99 Å². The maximum absolute atomic E-state index is 10.7. The average molecular weight is 242 g/mol. The van der Waals surface area contributed by atoms with E-state index in [9.17, 15) is 4.79 Å². The largest absolute Gasteiger partial charge is 0.481 e. The van der Waals surface area contributed by atoms with Crippen LogP contribution in [-0.4, -0.2) is 17.0 Å². The van der Waals surface area contributed by atoms with Gasteiger partial charge in [-0.05, 0) is 11.6 Å². The molecule has 0 spiro atoms. The Balaban J connectivity index is 3.06. The molecule has 0 fully saturated rings. The van der Waals surface area contributed by atoms with E-state index in [-0.39, 0.29) is 12.4 Å². The highest BCUT2D eigenvalue weighted by atomic mass is 35.5. The summed E-state index contributed by atoms with van der Waals surface area (Å²) in [5.74, 6) is -1.15. The summed E-state index contributed by atoms with van der Waals surface area (Å²) in [5, 5.41) is 9.20. The molecule has 0 amide bonds. The number of aliphatic imine (C=N–C) groups is 1. The van der Waals surface area contributed by atoms with Crippen molar-refractivity contribution in [2.75, 3.05) is 0 Å². The average Bonchev–Trinajstić information content (AvgIpc) is 2.15. The molecule has 5 nitrogen and oxygen atoms in total. The second-order valence-electron chi connectivity index (χ2n) is 3.19. The fourth-order valence-electron chi connectivity index (χ4n) is 1.32. The third-order valence-electron chi connectivity index (χ3n) is 1.94. The molecular weight excluding hydrogens is 230 g/mol. The van der Waals surface area contributed by atoms with Gasteiger partial charge in [0, 0.05) is 5.02 Å². The summed E-state index contributed by atoms with van der Waals surface area (Å²) >= 11 is 5.94. The van der Waals surface area contributed by atoms with Gasteiger partial charge < -0.3 is 16.6 Å². The minimum atomic E-state index is -0.991. The normalized spacial score (nSPS) is 11.8. The third-order valence-corrected chi connectivity index (χ3v) is 2.28. The Kier molecular flexibility index (Phi) is 4.13. The number of hydrogen-bond acceptors (Lipinski definition) is 2. The predicted molar refractivity (Wildman–Crippen MR) is 62.3 cm³/mol. The van der Waals surface area contributed by atoms with Crippen LogP contribution in [0, 0.1) is 0 Å². The van der Waals surface area contributed by atoms with Gasteiger partial charge in [-0.2, -0.15) is 0 Å². The topological polar surface area (TPSA) is 102 Å². The molecule has 0 heterocycles. The summed E-state index contributed by atoms with van der Waals surface area (Å²) in [6.45, 7) is 0. The molecule has 0 radical (unpaired) electrons. The number of carboxylic acid groups (broad SMARTS) is 1. The third kappa shape index (κ3) is 3.43. The summed E-state index contributed by atoms with van der Waals surface area (Å²) in [4.78, 5) is 14.5. The number of carboxylic acids is 1. The van der Waals surface area contributed by atoms with Crippen molar-refractivity contribution in [2.45, 2.75) is 12.5 Å². The van der Waals surface area contributed by atoms with E-state index < -0.39 is 12.0 Å². The minimum absolute atomic E-state index is 0.161. The van der Waals surface area contributed by atoms with Crippen molar-refractivity contribution in [1.29, 1.82) is 0 Å². The number of carbonyl (C=O) groups is 1. The van der Waals surface area contributed by atoms with Gasteiger partial charge in [0.15, 0.2) is 5.96 Å². The van der Waals surface area contributed by atoms with Crippen LogP contribution in [0.3, 0.4) is 0 Å². The van der Waals surface area contributed by atoms with E-state index in [0.29, 0.717) is 10.6 Å². The van der Waals surface area contributed by atoms with Gasteiger partial charge in [-0.1, -0.05) is 29.8 Å². The number of hydrogen-bond donors (Lipinski definition) is 3. The Morgan fingerprint density at radius 3 is 2.56 bits per heavy atom. The predicted octanol–water partition coefficient (Wildman–Crippen LogP) is 1.13. The molecule has 1 aromatic rings. The number of halogens is 1. The molecule has 16 heavy (non-hydrogen) atoms. The van der Waals surface area contributed by atoms with Crippen LogP contribution in [0.25, 0.3) is 0 Å². The summed E-state index contributed by atoms with van der Waals surface area (Å²) in [6.07, 6.45) is -0.207. The second kappa shape index (κ2) is 5.37. The van der Waals surface area contributed by atoms with E-state index in [1.54, 1.807) is 24.3 Å². The van der Waals surface area contributed by atoms with E-state index in [0.717, 1.165) is 0 Å². The first-order valence-corrected chi connectivity index (χ1v) is 4.93. The molecule has 0 saturated carbocycles. The van der Waals surface area contributed by atoms with Crippen LogP contribution in [0.4, 0.5) is 0 Å². The van der Waals surface area contributed by atoms with Gasteiger partial charge in [0.2, 0.25) is 0 Å². The number of benzene rings is 1. The Bertz CT molecular complexity index is 416. The molecule has 0 aliphatic heterocycles. The molecule has 1 unspecified atom stereocenters. The molecule has 1 atom stereocenters. The van der Waals surface area contributed by atoms with Gasteiger partial charge in [0.1, 0.15) is 0 Å². The van der Waals surface area contributed by atoms with Crippen molar-refractivity contribution in [2.24, 2.45) is 16.5 Å². The van der Waals surface area contributed by atoms with Crippen LogP contribution >= 0.6 is 11.6 Å². The molecule has 86 valence electrons. The molecule has 0 aliphatic rings. The van der Waals surface area contributed by atoms with Crippen molar-refractivity contribution in [1.82, 2.24) is 0 Å². The molecule has 0 bridgehead atoms. The van der Waals surface area contributed by atoms with Gasteiger partial charge in [0.05, 0.1) is 12.5 Å². The first-order chi connectivity index (χ1) is 7.50. The van der Waals surface area contributed by atoms with Crippen LogP contribution in [0.2, 0.25) is 5.02 Å². The molecule has 0 aromatic heterocycles. The second-order valence-corrected chi connectivity index (χ2v) is 3.60. The Labute approximate surface area is 97.7 Å². The number of nitrogens with two attached hydrogens (primary N) is 2. The fourth-order valence-corrected chi connectivity index (χ4v) is 1.58. The lowest BCUT2D eigenvalue weighted by atomic mass is 10.0. The maximum Gasteiger partial charge on any atom is 0.305 e. The zero-order chi connectivity index (χ0) is 12.1. The van der Waals surface area contributed by atoms with E-state index in [4.69, 9.17) is 28.2 Å². The number of guanidine groups is 1. The first-order valence-electron chi connectivity index (χ1n) is 4.55. The van der Waals surface area contributed by atoms with Crippen LogP contribution in [-0.2, 0) is 4.79 Å². The SMILES string of the molecule is NC(N)=NC(CC(=O)O)c1ccccc1Cl. The summed E-state index contributed by atoms with van der Waals surface area (Å²) in [7, 11) is 0. The Morgan fingerprint density at radius 2 is 2.06 bits per heavy atom. The van der Waals surface area contributed by atoms with Crippen molar-refractivity contribution >= 4 is 23.5 Å². The number of rotatable bonds is 4. The van der Waals surface area contributed by atoms with Crippen LogP contribution in [0.1, 0.15) is 18.0 Å². The standard InChI is InChI=1S/C10H12ClN3O2/c11-7-4-2-1-3-6(7)8(5-9(15)16)14-10(12)13/h1-4,8H,5H2,(H,15,16)(H4,12,13,14). The maximum atomic E-state index is 10.7. The van der Waals surface area contributed by atoms with E-state index >= 15 is 0 Å². The zero-order valence-corrected chi connectivity index (χ0v) is 9.19. The van der Waals surface area contributed by atoms with Crippen molar-refractivity contribution in [3.8, 4) is 0 Å². The quantitative estimate of drug-likeness (QED) is 0.543. The lowest BCUT2D eigenvalue weighted by Gasteiger charge is -2.12. The van der Waals surface area contributed by atoms with Crippen LogP contribution < -0.4 is 11.5 Å². The molecule has 0 saturated heterocycles. The molecule has 1 rings (SSSR count). The zero-order valence-electron chi connectivity index (χ0n) is 8.43. The highest BCUT2D eigenvalue weighted by Gasteiger charge is 2.17. The molecular formula is C10H12ClN3O2. The smallest absolute Gasteiger partial charge is 0.305 e. The molecule has 0 aliphatic carbocycles. The van der Waals surface area contributed by atoms with E-state index in [1.807, 2.05) is 0 Å². The lowest BCUT2D eigenvalue weighted by Crippen LogP contribution is -2.24. The fraction of sp³-hybridized carbons (Fsp3) is 0.200.